The summed E-state index contributed by atoms with van der Waals surface area (Å²) in [6, 6.07) is 3.65. The molecule has 1 heterocycles. The molecular formula is C9H12N2O2. The summed E-state index contributed by atoms with van der Waals surface area (Å²) >= 11 is 0. The van der Waals surface area contributed by atoms with Crippen LogP contribution in [0.3, 0.4) is 0 Å². The van der Waals surface area contributed by atoms with Crippen LogP contribution in [0.4, 0.5) is 5.69 Å². The van der Waals surface area contributed by atoms with Gasteiger partial charge in [-0.25, -0.2) is 0 Å². The Morgan fingerprint density at radius 1 is 1.62 bits per heavy atom. The number of carbonyl (C=O) groups is 1. The second kappa shape index (κ2) is 4.45. The average molecular weight is 180 g/mol. The van der Waals surface area contributed by atoms with Crippen LogP contribution in [0.25, 0.3) is 0 Å². The molecule has 0 bridgehead atoms. The summed E-state index contributed by atoms with van der Waals surface area (Å²) < 4.78 is 4.56. The Hall–Kier alpha value is -1.58. The number of nitrogens with two attached hydrogens (primary N) is 1. The van der Waals surface area contributed by atoms with Crippen molar-refractivity contribution in [2.75, 3.05) is 12.3 Å². The van der Waals surface area contributed by atoms with Gasteiger partial charge < -0.3 is 10.5 Å². The molecule has 4 nitrogen and oxygen atoms in total. The summed E-state index contributed by atoms with van der Waals surface area (Å²) in [4.78, 5) is 14.1. The average Bonchev–Trinajstić information content (AvgIpc) is 2.11. The molecule has 0 fully saturated rings. The first-order valence-corrected chi connectivity index (χ1v) is 4.01. The largest absolute Gasteiger partial charge is 0.467 e. The van der Waals surface area contributed by atoms with Gasteiger partial charge in [0.1, 0.15) is 0 Å². The highest BCUT2D eigenvalue weighted by Crippen LogP contribution is 2.09. The summed E-state index contributed by atoms with van der Waals surface area (Å²) in [5.41, 5.74) is 8.00. The minimum atomic E-state index is 0.324. The summed E-state index contributed by atoms with van der Waals surface area (Å²) in [6.07, 6.45) is 0.562. The molecule has 13 heavy (non-hydrogen) atoms. The SMILES string of the molecule is Cc1ccc(N)c(CCOC=O)n1. The Morgan fingerprint density at radius 2 is 2.38 bits per heavy atom. The first-order chi connectivity index (χ1) is 6.24. The molecule has 0 aliphatic heterocycles. The van der Waals surface area contributed by atoms with Gasteiger partial charge >= 0.3 is 0 Å². The zero-order valence-corrected chi connectivity index (χ0v) is 7.49. The van der Waals surface area contributed by atoms with Crippen LogP contribution in [0, 0.1) is 6.92 Å². The molecule has 1 aromatic rings. The van der Waals surface area contributed by atoms with E-state index in [9.17, 15) is 4.79 Å². The van der Waals surface area contributed by atoms with E-state index in [0.717, 1.165) is 11.4 Å². The predicted molar refractivity (Wildman–Crippen MR) is 49.1 cm³/mol. The minimum Gasteiger partial charge on any atom is -0.467 e. The Morgan fingerprint density at radius 3 is 3.08 bits per heavy atom. The van der Waals surface area contributed by atoms with E-state index < -0.39 is 0 Å². The van der Waals surface area contributed by atoms with Crippen molar-refractivity contribution in [3.05, 3.63) is 23.5 Å². The zero-order valence-electron chi connectivity index (χ0n) is 7.49. The number of aryl methyl sites for hydroxylation is 1. The standard InChI is InChI=1S/C9H12N2O2/c1-7-2-3-8(10)9(11-7)4-5-13-6-12/h2-3,6H,4-5,10H2,1H3. The number of nitrogens with zero attached hydrogens (tertiary/aromatic N) is 1. The minimum absolute atomic E-state index is 0.324. The van der Waals surface area contributed by atoms with Gasteiger partial charge in [-0.15, -0.1) is 0 Å². The smallest absolute Gasteiger partial charge is 0.293 e. The molecule has 0 aliphatic carbocycles. The maximum Gasteiger partial charge on any atom is 0.293 e. The molecule has 0 saturated carbocycles. The predicted octanol–water partition coefficient (Wildman–Crippen LogP) is 0.688. The molecule has 0 amide bonds. The van der Waals surface area contributed by atoms with Crippen molar-refractivity contribution in [3.63, 3.8) is 0 Å². The number of hydrogen-bond acceptors (Lipinski definition) is 4. The maximum atomic E-state index is 9.87. The summed E-state index contributed by atoms with van der Waals surface area (Å²) in [5, 5.41) is 0. The molecule has 1 aromatic heterocycles. The molecule has 0 atom stereocenters. The number of anilines is 1. The van der Waals surface area contributed by atoms with Crippen LogP contribution in [0.1, 0.15) is 11.4 Å². The lowest BCUT2D eigenvalue weighted by Crippen LogP contribution is -2.04. The fourth-order valence-electron chi connectivity index (χ4n) is 1.03. The molecule has 0 spiro atoms. The van der Waals surface area contributed by atoms with Crippen molar-refractivity contribution in [1.82, 2.24) is 4.98 Å². The molecule has 0 saturated heterocycles. The fraction of sp³-hybridized carbons (Fsp3) is 0.333. The fourth-order valence-corrected chi connectivity index (χ4v) is 1.03. The normalized spacial score (nSPS) is 9.62. The Kier molecular flexibility index (Phi) is 3.25. The van der Waals surface area contributed by atoms with Gasteiger partial charge in [0.15, 0.2) is 0 Å². The van der Waals surface area contributed by atoms with E-state index in [4.69, 9.17) is 5.73 Å². The van der Waals surface area contributed by atoms with Crippen molar-refractivity contribution in [3.8, 4) is 0 Å². The molecular weight excluding hydrogens is 168 g/mol. The third-order valence-corrected chi connectivity index (χ3v) is 1.67. The Balaban J connectivity index is 2.64. The van der Waals surface area contributed by atoms with Crippen LogP contribution in [-0.2, 0) is 16.0 Å². The molecule has 0 aromatic carbocycles. The zero-order chi connectivity index (χ0) is 9.68. The topological polar surface area (TPSA) is 65.2 Å². The van der Waals surface area contributed by atoms with Crippen LogP contribution >= 0.6 is 0 Å². The van der Waals surface area contributed by atoms with Gasteiger partial charge in [-0.05, 0) is 19.1 Å². The van der Waals surface area contributed by atoms with Gasteiger partial charge in [-0.2, -0.15) is 0 Å². The highest BCUT2D eigenvalue weighted by atomic mass is 16.5. The summed E-state index contributed by atoms with van der Waals surface area (Å²) in [5.74, 6) is 0. The lowest BCUT2D eigenvalue weighted by atomic mass is 10.2. The van der Waals surface area contributed by atoms with Crippen LogP contribution in [-0.4, -0.2) is 18.1 Å². The Bertz CT molecular complexity index is 300. The number of carbonyl (C=O) groups excluding carboxylic acids is 1. The second-order valence-corrected chi connectivity index (χ2v) is 2.71. The number of hydrogen-bond donors (Lipinski definition) is 1. The summed E-state index contributed by atoms with van der Waals surface area (Å²) in [7, 11) is 0. The summed E-state index contributed by atoms with van der Waals surface area (Å²) in [6.45, 7) is 2.64. The number of aromatic nitrogens is 1. The van der Waals surface area contributed by atoms with Gasteiger partial charge in [0.2, 0.25) is 0 Å². The molecule has 0 aliphatic rings. The highest BCUT2D eigenvalue weighted by Gasteiger charge is 2.00. The van der Waals surface area contributed by atoms with Crippen LogP contribution < -0.4 is 5.73 Å². The number of ether oxygens (including phenoxy) is 1. The van der Waals surface area contributed by atoms with Crippen LogP contribution in [0.15, 0.2) is 12.1 Å². The third kappa shape index (κ3) is 2.74. The van der Waals surface area contributed by atoms with E-state index in [2.05, 4.69) is 9.72 Å². The number of nitrogen functional groups attached to an aromatic ring is 1. The monoisotopic (exact) mass is 180 g/mol. The number of pyridine rings is 1. The first-order valence-electron chi connectivity index (χ1n) is 4.01. The van der Waals surface area contributed by atoms with Crippen LogP contribution in [0.2, 0.25) is 0 Å². The van der Waals surface area contributed by atoms with Crippen molar-refractivity contribution in [2.24, 2.45) is 0 Å². The lowest BCUT2D eigenvalue weighted by molar-refractivity contribution is -0.128. The van der Waals surface area contributed by atoms with E-state index in [0.29, 0.717) is 25.2 Å². The van der Waals surface area contributed by atoms with E-state index in [1.807, 2.05) is 13.0 Å². The number of rotatable bonds is 4. The van der Waals surface area contributed by atoms with Crippen molar-refractivity contribution in [1.29, 1.82) is 0 Å². The van der Waals surface area contributed by atoms with Crippen molar-refractivity contribution >= 4 is 12.2 Å². The Labute approximate surface area is 76.7 Å². The molecule has 0 radical (unpaired) electrons. The molecule has 2 N–H and O–H groups in total. The molecule has 70 valence electrons. The highest BCUT2D eigenvalue weighted by molar-refractivity contribution is 5.43. The molecule has 1 rings (SSSR count). The van der Waals surface area contributed by atoms with Gasteiger partial charge in [-0.3, -0.25) is 9.78 Å². The third-order valence-electron chi connectivity index (χ3n) is 1.67. The first kappa shape index (κ1) is 9.51. The van der Waals surface area contributed by atoms with E-state index >= 15 is 0 Å². The van der Waals surface area contributed by atoms with Gasteiger partial charge in [0.25, 0.3) is 6.47 Å². The molecule has 4 heteroatoms. The van der Waals surface area contributed by atoms with Gasteiger partial charge in [0.05, 0.1) is 18.0 Å². The van der Waals surface area contributed by atoms with E-state index in [-0.39, 0.29) is 0 Å². The van der Waals surface area contributed by atoms with Crippen molar-refractivity contribution in [2.45, 2.75) is 13.3 Å². The van der Waals surface area contributed by atoms with E-state index in [1.165, 1.54) is 0 Å². The van der Waals surface area contributed by atoms with E-state index in [1.54, 1.807) is 6.07 Å². The maximum absolute atomic E-state index is 9.87. The van der Waals surface area contributed by atoms with Gasteiger partial charge in [-0.1, -0.05) is 0 Å². The van der Waals surface area contributed by atoms with Crippen LogP contribution in [0.5, 0.6) is 0 Å². The molecule has 0 unspecified atom stereocenters. The lowest BCUT2D eigenvalue weighted by Gasteiger charge is -2.04. The van der Waals surface area contributed by atoms with Crippen molar-refractivity contribution < 1.29 is 9.53 Å². The quantitative estimate of drug-likeness (QED) is 0.546. The van der Waals surface area contributed by atoms with Gasteiger partial charge in [0, 0.05) is 12.1 Å². The second-order valence-electron chi connectivity index (χ2n) is 2.71.